The van der Waals surface area contributed by atoms with E-state index in [-0.39, 0.29) is 31.0 Å². The number of benzene rings is 2. The first-order chi connectivity index (χ1) is 13.0. The van der Waals surface area contributed by atoms with Gasteiger partial charge in [-0.25, -0.2) is 9.18 Å². The van der Waals surface area contributed by atoms with Gasteiger partial charge in [0.15, 0.2) is 0 Å². The second kappa shape index (κ2) is 8.28. The van der Waals surface area contributed by atoms with Gasteiger partial charge in [-0.1, -0.05) is 11.6 Å². The van der Waals surface area contributed by atoms with Gasteiger partial charge in [-0.2, -0.15) is 0 Å². The number of carbonyl (C=O) groups excluding carboxylic acids is 1. The van der Waals surface area contributed by atoms with E-state index < -0.39 is 11.8 Å². The third-order valence-electron chi connectivity index (χ3n) is 3.80. The van der Waals surface area contributed by atoms with Gasteiger partial charge in [-0.05, 0) is 43.3 Å². The van der Waals surface area contributed by atoms with Crippen molar-refractivity contribution in [2.75, 3.05) is 25.1 Å². The number of aliphatic hydroxyl groups excluding tert-OH is 1. The van der Waals surface area contributed by atoms with Crippen molar-refractivity contribution in [3.8, 4) is 5.75 Å². The Labute approximate surface area is 159 Å². The summed E-state index contributed by atoms with van der Waals surface area (Å²) in [6.45, 7) is 1.96. The average molecular weight is 393 g/mol. The van der Waals surface area contributed by atoms with Crippen LogP contribution in [-0.2, 0) is 4.74 Å². The zero-order valence-corrected chi connectivity index (χ0v) is 15.3. The Morgan fingerprint density at radius 2 is 2.11 bits per heavy atom. The van der Waals surface area contributed by atoms with Crippen LogP contribution in [0.5, 0.6) is 5.75 Å². The highest BCUT2D eigenvalue weighted by molar-refractivity contribution is 6.32. The van der Waals surface area contributed by atoms with Crippen molar-refractivity contribution in [3.63, 3.8) is 0 Å². The molecule has 27 heavy (non-hydrogen) atoms. The lowest BCUT2D eigenvalue weighted by Gasteiger charge is -2.11. The summed E-state index contributed by atoms with van der Waals surface area (Å²) in [7, 11) is 0. The number of ether oxygens (including phenoxy) is 2. The number of halogens is 2. The molecule has 0 unspecified atom stereocenters. The Hall–Kier alpha value is -2.77. The van der Waals surface area contributed by atoms with Gasteiger partial charge >= 0.3 is 5.97 Å². The maximum absolute atomic E-state index is 14.1. The predicted octanol–water partition coefficient (Wildman–Crippen LogP) is 4.25. The monoisotopic (exact) mass is 392 g/mol. The number of rotatable bonds is 7. The van der Waals surface area contributed by atoms with E-state index in [2.05, 4.69) is 10.3 Å². The molecular weight excluding hydrogens is 375 g/mol. The van der Waals surface area contributed by atoms with Crippen molar-refractivity contribution in [2.45, 2.75) is 6.92 Å². The summed E-state index contributed by atoms with van der Waals surface area (Å²) in [5.74, 6) is -0.573. The van der Waals surface area contributed by atoms with E-state index in [4.69, 9.17) is 26.2 Å². The molecule has 8 heteroatoms. The largest absolute Gasteiger partial charge is 0.490 e. The van der Waals surface area contributed by atoms with Crippen LogP contribution in [-0.4, -0.2) is 35.9 Å². The number of esters is 1. The molecule has 0 aliphatic heterocycles. The van der Waals surface area contributed by atoms with Gasteiger partial charge < -0.3 is 24.9 Å². The summed E-state index contributed by atoms with van der Waals surface area (Å²) >= 11 is 6.18. The van der Waals surface area contributed by atoms with Crippen LogP contribution >= 0.6 is 11.6 Å². The Morgan fingerprint density at radius 3 is 2.81 bits per heavy atom. The minimum atomic E-state index is -0.549. The second-order valence-electron chi connectivity index (χ2n) is 5.63. The first-order valence-electron chi connectivity index (χ1n) is 8.32. The van der Waals surface area contributed by atoms with E-state index >= 15 is 0 Å². The van der Waals surface area contributed by atoms with Crippen LogP contribution < -0.4 is 10.1 Å². The van der Waals surface area contributed by atoms with Gasteiger partial charge in [0, 0.05) is 16.8 Å². The molecule has 0 radical (unpaired) electrons. The van der Waals surface area contributed by atoms with Crippen molar-refractivity contribution >= 4 is 39.8 Å². The van der Waals surface area contributed by atoms with Crippen molar-refractivity contribution in [3.05, 3.63) is 52.9 Å². The summed E-state index contributed by atoms with van der Waals surface area (Å²) in [6.07, 6.45) is 0. The summed E-state index contributed by atoms with van der Waals surface area (Å²) in [4.78, 5) is 14.7. The fourth-order valence-corrected chi connectivity index (χ4v) is 2.85. The molecule has 0 amide bonds. The van der Waals surface area contributed by atoms with E-state index in [9.17, 15) is 9.18 Å². The number of aromatic amines is 1. The minimum Gasteiger partial charge on any atom is -0.490 e. The lowest BCUT2D eigenvalue weighted by molar-refractivity contribution is 0.0520. The number of H-pyrrole nitrogens is 1. The molecule has 0 aliphatic rings. The quantitative estimate of drug-likeness (QED) is 0.523. The molecule has 0 atom stereocenters. The number of aliphatic hydroxyl groups is 1. The van der Waals surface area contributed by atoms with Crippen LogP contribution in [0.15, 0.2) is 36.4 Å². The smallest absolute Gasteiger partial charge is 0.354 e. The highest BCUT2D eigenvalue weighted by atomic mass is 35.5. The molecule has 0 aliphatic carbocycles. The molecule has 6 nitrogen and oxygen atoms in total. The number of carbonyl (C=O) groups is 1. The molecule has 142 valence electrons. The van der Waals surface area contributed by atoms with Crippen molar-refractivity contribution < 1.29 is 23.8 Å². The molecule has 3 N–H and O–H groups in total. The van der Waals surface area contributed by atoms with Gasteiger partial charge in [0.25, 0.3) is 0 Å². The molecule has 0 spiro atoms. The van der Waals surface area contributed by atoms with E-state index in [1.807, 2.05) is 0 Å². The lowest BCUT2D eigenvalue weighted by atomic mass is 10.2. The Balaban J connectivity index is 1.92. The summed E-state index contributed by atoms with van der Waals surface area (Å²) in [6, 6.07) is 9.48. The average Bonchev–Trinajstić information content (AvgIpc) is 3.10. The number of aromatic nitrogens is 1. The molecule has 1 heterocycles. The molecule has 0 bridgehead atoms. The fourth-order valence-electron chi connectivity index (χ4n) is 2.62. The lowest BCUT2D eigenvalue weighted by Crippen LogP contribution is -2.04. The standard InChI is InChI=1S/C19H18ClFN2O4/c1-2-26-19(25)16-10-12-15(5-4-14(21)18(12)23-16)22-11-3-6-17(13(20)9-11)27-8-7-24/h3-6,9-10,22-24H,2,7-8H2,1H3. The third-order valence-corrected chi connectivity index (χ3v) is 4.09. The molecule has 3 rings (SSSR count). The van der Waals surface area contributed by atoms with Crippen LogP contribution in [0, 0.1) is 5.82 Å². The Bertz CT molecular complexity index is 974. The normalized spacial score (nSPS) is 10.8. The van der Waals surface area contributed by atoms with Crippen LogP contribution in [0.4, 0.5) is 15.8 Å². The molecule has 1 aromatic heterocycles. The van der Waals surface area contributed by atoms with E-state index in [1.54, 1.807) is 37.3 Å². The number of nitrogens with one attached hydrogen (secondary N) is 2. The zero-order valence-electron chi connectivity index (χ0n) is 14.5. The topological polar surface area (TPSA) is 83.6 Å². The van der Waals surface area contributed by atoms with Crippen molar-refractivity contribution in [2.24, 2.45) is 0 Å². The molecule has 2 aromatic carbocycles. The maximum atomic E-state index is 14.1. The first kappa shape index (κ1) is 19.0. The minimum absolute atomic E-state index is 0.111. The van der Waals surface area contributed by atoms with E-state index in [0.717, 1.165) is 0 Å². The van der Waals surface area contributed by atoms with Gasteiger partial charge in [0.05, 0.1) is 23.8 Å². The fraction of sp³-hybridized carbons (Fsp3) is 0.211. The van der Waals surface area contributed by atoms with Crippen LogP contribution in [0.1, 0.15) is 17.4 Å². The predicted molar refractivity (Wildman–Crippen MR) is 102 cm³/mol. The number of hydrogen-bond acceptors (Lipinski definition) is 5. The Morgan fingerprint density at radius 1 is 1.30 bits per heavy atom. The molecule has 0 saturated heterocycles. The van der Waals surface area contributed by atoms with Gasteiger partial charge in [0.2, 0.25) is 0 Å². The summed E-state index contributed by atoms with van der Waals surface area (Å²) < 4.78 is 24.4. The highest BCUT2D eigenvalue weighted by Gasteiger charge is 2.15. The van der Waals surface area contributed by atoms with Crippen molar-refractivity contribution in [1.82, 2.24) is 4.98 Å². The number of fused-ring (bicyclic) bond motifs is 1. The highest BCUT2D eigenvalue weighted by Crippen LogP contribution is 2.32. The molecular formula is C19H18ClFN2O4. The third kappa shape index (κ3) is 4.15. The van der Waals surface area contributed by atoms with Gasteiger partial charge in [-0.3, -0.25) is 0 Å². The number of hydrogen-bond donors (Lipinski definition) is 3. The van der Waals surface area contributed by atoms with E-state index in [0.29, 0.717) is 27.5 Å². The van der Waals surface area contributed by atoms with Crippen LogP contribution in [0.2, 0.25) is 5.02 Å². The van der Waals surface area contributed by atoms with Gasteiger partial charge in [-0.15, -0.1) is 0 Å². The maximum Gasteiger partial charge on any atom is 0.354 e. The van der Waals surface area contributed by atoms with Crippen molar-refractivity contribution in [1.29, 1.82) is 0 Å². The SMILES string of the molecule is CCOC(=O)c1cc2c(Nc3ccc(OCCO)c(Cl)c3)ccc(F)c2[nH]1. The summed E-state index contributed by atoms with van der Waals surface area (Å²) in [5.41, 5.74) is 1.63. The van der Waals surface area contributed by atoms with E-state index in [1.165, 1.54) is 6.07 Å². The van der Waals surface area contributed by atoms with Crippen LogP contribution in [0.3, 0.4) is 0 Å². The van der Waals surface area contributed by atoms with Gasteiger partial charge in [0.1, 0.15) is 23.9 Å². The molecule has 3 aromatic rings. The van der Waals surface area contributed by atoms with Crippen LogP contribution in [0.25, 0.3) is 10.9 Å². The summed E-state index contributed by atoms with van der Waals surface area (Å²) in [5, 5.41) is 12.9. The Kier molecular flexibility index (Phi) is 5.83. The first-order valence-corrected chi connectivity index (χ1v) is 8.70. The number of anilines is 2. The molecule has 0 fully saturated rings. The molecule has 0 saturated carbocycles. The zero-order chi connectivity index (χ0) is 19.4. The second-order valence-corrected chi connectivity index (χ2v) is 6.04.